The van der Waals surface area contributed by atoms with Gasteiger partial charge in [0, 0.05) is 22.2 Å². The zero-order chi connectivity index (χ0) is 23.5. The molecule has 4 aromatic rings. The van der Waals surface area contributed by atoms with Crippen LogP contribution in [0.4, 0.5) is 0 Å². The van der Waals surface area contributed by atoms with Crippen molar-refractivity contribution in [3.63, 3.8) is 0 Å². The van der Waals surface area contributed by atoms with Crippen LogP contribution in [-0.2, 0) is 4.79 Å². The van der Waals surface area contributed by atoms with E-state index in [9.17, 15) is 14.7 Å². The van der Waals surface area contributed by atoms with Gasteiger partial charge in [0.1, 0.15) is 16.4 Å². The Balaban J connectivity index is 1.56. The molecule has 0 amide bonds. The van der Waals surface area contributed by atoms with Crippen molar-refractivity contribution in [1.82, 2.24) is 10.2 Å². The highest BCUT2D eigenvalue weighted by Crippen LogP contribution is 2.32. The Morgan fingerprint density at radius 2 is 1.76 bits per heavy atom. The quantitative estimate of drug-likeness (QED) is 0.245. The molecule has 2 aromatic heterocycles. The second-order valence-electron chi connectivity index (χ2n) is 6.83. The number of aromatic nitrogens is 2. The maximum absolute atomic E-state index is 11.8. The lowest BCUT2D eigenvalue weighted by molar-refractivity contribution is -0.131. The van der Waals surface area contributed by atoms with Gasteiger partial charge in [-0.25, -0.2) is 9.59 Å². The van der Waals surface area contributed by atoms with Gasteiger partial charge in [-0.1, -0.05) is 17.7 Å². The Hall–Kier alpha value is -3.82. The predicted molar refractivity (Wildman–Crippen MR) is 122 cm³/mol. The smallest absolute Gasteiger partial charge is 0.342 e. The van der Waals surface area contributed by atoms with Gasteiger partial charge in [0.25, 0.3) is 5.22 Å². The summed E-state index contributed by atoms with van der Waals surface area (Å²) >= 11 is 6.67. The topological polar surface area (TPSA) is 127 Å². The average molecular weight is 483 g/mol. The van der Waals surface area contributed by atoms with Gasteiger partial charge in [-0.3, -0.25) is 0 Å². The summed E-state index contributed by atoms with van der Waals surface area (Å²) in [6, 6.07) is 14.8. The summed E-state index contributed by atoms with van der Waals surface area (Å²) in [7, 11) is 0. The largest absolute Gasteiger partial charge is 0.478 e. The van der Waals surface area contributed by atoms with Crippen molar-refractivity contribution >= 4 is 41.4 Å². The molecule has 8 nitrogen and oxygen atoms in total. The van der Waals surface area contributed by atoms with E-state index >= 15 is 0 Å². The molecule has 33 heavy (non-hydrogen) atoms. The Kier molecular flexibility index (Phi) is 6.34. The minimum Gasteiger partial charge on any atom is -0.478 e. The third-order valence-electron chi connectivity index (χ3n) is 4.54. The van der Waals surface area contributed by atoms with Gasteiger partial charge < -0.3 is 19.0 Å². The highest BCUT2D eigenvalue weighted by molar-refractivity contribution is 8.03. The maximum atomic E-state index is 11.8. The van der Waals surface area contributed by atoms with Gasteiger partial charge in [-0.15, -0.1) is 10.2 Å². The summed E-state index contributed by atoms with van der Waals surface area (Å²) in [6.45, 7) is 1.77. The Morgan fingerprint density at radius 3 is 2.42 bits per heavy atom. The van der Waals surface area contributed by atoms with E-state index in [1.165, 1.54) is 12.1 Å². The number of benzene rings is 2. The molecule has 0 atom stereocenters. The molecule has 0 aliphatic rings. The molecule has 0 saturated heterocycles. The minimum absolute atomic E-state index is 0.0560. The first-order chi connectivity index (χ1) is 15.8. The molecular formula is C23H15ClN2O6S. The van der Waals surface area contributed by atoms with Crippen molar-refractivity contribution < 1.29 is 28.6 Å². The van der Waals surface area contributed by atoms with Gasteiger partial charge in [0.2, 0.25) is 5.89 Å². The highest BCUT2D eigenvalue weighted by atomic mass is 35.5. The molecule has 0 bridgehead atoms. The molecule has 0 aliphatic carbocycles. The predicted octanol–water partition coefficient (Wildman–Crippen LogP) is 5.87. The van der Waals surface area contributed by atoms with E-state index in [2.05, 4.69) is 10.2 Å². The minimum atomic E-state index is -1.19. The van der Waals surface area contributed by atoms with Crippen LogP contribution < -0.4 is 0 Å². The van der Waals surface area contributed by atoms with Crippen molar-refractivity contribution in [1.29, 1.82) is 0 Å². The number of aliphatic carboxylic acids is 1. The maximum Gasteiger partial charge on any atom is 0.342 e. The summed E-state index contributed by atoms with van der Waals surface area (Å²) in [5.74, 6) is -1.19. The number of hydrogen-bond acceptors (Lipinski definition) is 7. The van der Waals surface area contributed by atoms with Gasteiger partial charge in [0.15, 0.2) is 0 Å². The standard InChI is InChI=1S/C23H15ClN2O6S/c1-12-10-14(21(27)28)4-8-17(12)18-9-7-16(31-18)11-19(22(29)30)33-23-26-25-20(32-23)13-2-5-15(24)6-3-13/h2-11H,1H3,(H,27,28)(H,29,30)/b19-11-. The van der Waals surface area contributed by atoms with E-state index in [1.54, 1.807) is 55.5 Å². The monoisotopic (exact) mass is 482 g/mol. The second kappa shape index (κ2) is 9.35. The number of carbonyl (C=O) groups is 2. The van der Waals surface area contributed by atoms with Crippen LogP contribution in [0.5, 0.6) is 0 Å². The van der Waals surface area contributed by atoms with Gasteiger partial charge in [-0.05, 0) is 72.8 Å². The number of thioether (sulfide) groups is 1. The van der Waals surface area contributed by atoms with E-state index in [1.807, 2.05) is 0 Å². The first kappa shape index (κ1) is 22.4. The SMILES string of the molecule is Cc1cc(C(=O)O)ccc1-c1ccc(/C=C(\Sc2nnc(-c3ccc(Cl)cc3)o2)C(=O)O)o1. The van der Waals surface area contributed by atoms with Crippen LogP contribution in [0.2, 0.25) is 5.02 Å². The zero-order valence-corrected chi connectivity index (χ0v) is 18.6. The van der Waals surface area contributed by atoms with Gasteiger partial charge in [0.05, 0.1) is 5.56 Å². The van der Waals surface area contributed by atoms with Gasteiger partial charge in [-0.2, -0.15) is 0 Å². The van der Waals surface area contributed by atoms with Crippen molar-refractivity contribution in [2.24, 2.45) is 0 Å². The Labute approximate surface area is 196 Å². The van der Waals surface area contributed by atoms with Crippen LogP contribution in [0.3, 0.4) is 0 Å². The van der Waals surface area contributed by atoms with E-state index in [0.29, 0.717) is 33.2 Å². The summed E-state index contributed by atoms with van der Waals surface area (Å²) in [6.07, 6.45) is 1.35. The fraction of sp³-hybridized carbons (Fsp3) is 0.0435. The molecule has 166 valence electrons. The van der Waals surface area contributed by atoms with Crippen LogP contribution in [0, 0.1) is 6.92 Å². The number of carboxylic acid groups (broad SMARTS) is 2. The molecule has 2 heterocycles. The number of rotatable bonds is 7. The van der Waals surface area contributed by atoms with Crippen LogP contribution in [0.15, 0.2) is 73.6 Å². The van der Waals surface area contributed by atoms with Crippen molar-refractivity contribution in [2.75, 3.05) is 0 Å². The fourth-order valence-electron chi connectivity index (χ4n) is 2.97. The molecule has 4 rings (SSSR count). The number of nitrogens with zero attached hydrogens (tertiary/aromatic N) is 2. The molecule has 0 fully saturated rings. The molecule has 10 heteroatoms. The molecule has 0 saturated carbocycles. The molecule has 2 aromatic carbocycles. The number of halogens is 1. The third-order valence-corrected chi connectivity index (χ3v) is 5.65. The molecule has 0 aliphatic heterocycles. The lowest BCUT2D eigenvalue weighted by Crippen LogP contribution is -1.97. The number of aryl methyl sites for hydroxylation is 1. The number of carboxylic acids is 2. The summed E-state index contributed by atoms with van der Waals surface area (Å²) in [5.41, 5.74) is 2.24. The van der Waals surface area contributed by atoms with Crippen molar-refractivity contribution in [3.05, 3.63) is 81.4 Å². The first-order valence-corrected chi connectivity index (χ1v) is 10.7. The zero-order valence-electron chi connectivity index (χ0n) is 17.0. The highest BCUT2D eigenvalue weighted by Gasteiger charge is 2.17. The molecule has 0 unspecified atom stereocenters. The fourth-order valence-corrected chi connectivity index (χ4v) is 3.75. The van der Waals surface area contributed by atoms with Gasteiger partial charge >= 0.3 is 11.9 Å². The summed E-state index contributed by atoms with van der Waals surface area (Å²) < 4.78 is 11.3. The second-order valence-corrected chi connectivity index (χ2v) is 8.26. The van der Waals surface area contributed by atoms with Crippen molar-refractivity contribution in [2.45, 2.75) is 12.1 Å². The Bertz CT molecular complexity index is 1370. The number of hydrogen-bond donors (Lipinski definition) is 2. The summed E-state index contributed by atoms with van der Waals surface area (Å²) in [4.78, 5) is 22.8. The van der Waals surface area contributed by atoms with Crippen LogP contribution in [0.1, 0.15) is 21.7 Å². The number of aromatic carboxylic acids is 1. The van der Waals surface area contributed by atoms with Crippen LogP contribution in [0.25, 0.3) is 28.9 Å². The van der Waals surface area contributed by atoms with E-state index in [4.69, 9.17) is 25.5 Å². The van der Waals surface area contributed by atoms with E-state index in [0.717, 1.165) is 11.8 Å². The average Bonchev–Trinajstić information content (AvgIpc) is 3.43. The van der Waals surface area contributed by atoms with Crippen LogP contribution in [-0.4, -0.2) is 32.3 Å². The van der Waals surface area contributed by atoms with Crippen LogP contribution >= 0.6 is 23.4 Å². The lowest BCUT2D eigenvalue weighted by atomic mass is 10.0. The summed E-state index contributed by atoms with van der Waals surface area (Å²) in [5, 5.41) is 27.2. The first-order valence-electron chi connectivity index (χ1n) is 9.46. The van der Waals surface area contributed by atoms with E-state index < -0.39 is 11.9 Å². The molecule has 0 spiro atoms. The van der Waals surface area contributed by atoms with Crippen molar-refractivity contribution in [3.8, 4) is 22.8 Å². The molecule has 2 N–H and O–H groups in total. The van der Waals surface area contributed by atoms with E-state index in [-0.39, 0.29) is 21.6 Å². The Morgan fingerprint density at radius 1 is 1.00 bits per heavy atom. The molecule has 0 radical (unpaired) electrons. The normalized spacial score (nSPS) is 11.5. The molecular weight excluding hydrogens is 468 g/mol. The lowest BCUT2D eigenvalue weighted by Gasteiger charge is -2.04. The third kappa shape index (κ3) is 5.16. The number of furan rings is 1.